The number of hydrogen-bond donors (Lipinski definition) is 0. The molecule has 1 saturated heterocycles. The van der Waals surface area contributed by atoms with Crippen LogP contribution in [0.4, 0.5) is 0 Å². The first-order valence-electron chi connectivity index (χ1n) is 8.99. The van der Waals surface area contributed by atoms with Crippen molar-refractivity contribution in [3.8, 4) is 0 Å². The summed E-state index contributed by atoms with van der Waals surface area (Å²) in [5.74, 6) is 1.59. The van der Waals surface area contributed by atoms with Crippen molar-refractivity contribution in [2.45, 2.75) is 90.8 Å². The Balaban J connectivity index is 1.94. The predicted octanol–water partition coefficient (Wildman–Crippen LogP) is 5.74. The Morgan fingerprint density at radius 2 is 1.57 bits per heavy atom. The summed E-state index contributed by atoms with van der Waals surface area (Å²) >= 11 is 0. The third-order valence-electron chi connectivity index (χ3n) is 7.57. The zero-order valence-corrected chi connectivity index (χ0v) is 14.8. The average Bonchev–Trinajstić information content (AvgIpc) is 2.36. The lowest BCUT2D eigenvalue weighted by atomic mass is 9.44. The maximum Gasteiger partial charge on any atom is 0.0839 e. The highest BCUT2D eigenvalue weighted by Gasteiger charge is 2.61. The van der Waals surface area contributed by atoms with Crippen LogP contribution in [0.2, 0.25) is 0 Å². The van der Waals surface area contributed by atoms with E-state index in [0.717, 1.165) is 18.3 Å². The van der Waals surface area contributed by atoms with Crippen molar-refractivity contribution in [3.63, 3.8) is 0 Å². The molecule has 1 aliphatic heterocycles. The fourth-order valence-electron chi connectivity index (χ4n) is 6.52. The van der Waals surface area contributed by atoms with Gasteiger partial charge in [0, 0.05) is 0 Å². The molecule has 5 atom stereocenters. The van der Waals surface area contributed by atoms with Gasteiger partial charge in [0.1, 0.15) is 0 Å². The van der Waals surface area contributed by atoms with Gasteiger partial charge in [-0.3, -0.25) is 0 Å². The first kappa shape index (κ1) is 15.6. The third kappa shape index (κ3) is 2.22. The molecule has 0 radical (unpaired) electrons. The van der Waals surface area contributed by atoms with E-state index in [9.17, 15) is 0 Å². The fraction of sp³-hybridized carbons (Fsp3) is 0.900. The van der Waals surface area contributed by atoms with Crippen molar-refractivity contribution in [2.24, 2.45) is 22.7 Å². The molecule has 1 nitrogen and oxygen atoms in total. The highest BCUT2D eigenvalue weighted by molar-refractivity contribution is 5.12. The normalized spacial score (nSPS) is 52.6. The third-order valence-corrected chi connectivity index (χ3v) is 7.57. The van der Waals surface area contributed by atoms with Gasteiger partial charge in [-0.2, -0.15) is 0 Å². The van der Waals surface area contributed by atoms with Gasteiger partial charge < -0.3 is 4.74 Å². The molecule has 0 bridgehead atoms. The molecular formula is C20H34O. The molecule has 3 rings (SSSR count). The first-order valence-corrected chi connectivity index (χ1v) is 8.99. The average molecular weight is 290 g/mol. The largest absolute Gasteiger partial charge is 0.365 e. The lowest BCUT2D eigenvalue weighted by molar-refractivity contribution is -0.252. The summed E-state index contributed by atoms with van der Waals surface area (Å²) in [5, 5.41) is 0. The Bertz CT molecular complexity index is 439. The zero-order chi connectivity index (χ0) is 15.5. The van der Waals surface area contributed by atoms with E-state index in [-0.39, 0.29) is 11.2 Å². The molecule has 0 amide bonds. The molecule has 0 spiro atoms. The topological polar surface area (TPSA) is 9.23 Å². The highest BCUT2D eigenvalue weighted by Crippen LogP contribution is 2.65. The van der Waals surface area contributed by atoms with Crippen LogP contribution in [0, 0.1) is 22.7 Å². The second kappa shape index (κ2) is 4.60. The van der Waals surface area contributed by atoms with Crippen LogP contribution in [0.3, 0.4) is 0 Å². The number of rotatable bonds is 1. The van der Waals surface area contributed by atoms with Gasteiger partial charge in [0.25, 0.3) is 0 Å². The maximum absolute atomic E-state index is 6.68. The zero-order valence-electron chi connectivity index (χ0n) is 14.8. The maximum atomic E-state index is 6.68. The second-order valence-electron chi connectivity index (χ2n) is 9.46. The van der Waals surface area contributed by atoms with Crippen LogP contribution >= 0.6 is 0 Å². The summed E-state index contributed by atoms with van der Waals surface area (Å²) < 4.78 is 6.68. The Morgan fingerprint density at radius 1 is 0.905 bits per heavy atom. The Labute approximate surface area is 131 Å². The van der Waals surface area contributed by atoms with Gasteiger partial charge in [0.2, 0.25) is 0 Å². The first-order chi connectivity index (χ1) is 9.65. The van der Waals surface area contributed by atoms with Gasteiger partial charge in [-0.1, -0.05) is 33.3 Å². The van der Waals surface area contributed by atoms with Crippen LogP contribution in [0.15, 0.2) is 12.7 Å². The van der Waals surface area contributed by atoms with E-state index in [1.165, 1.54) is 38.5 Å². The van der Waals surface area contributed by atoms with Crippen molar-refractivity contribution in [1.29, 1.82) is 0 Å². The van der Waals surface area contributed by atoms with E-state index in [1.54, 1.807) is 0 Å². The van der Waals surface area contributed by atoms with Gasteiger partial charge in [-0.15, -0.1) is 6.58 Å². The van der Waals surface area contributed by atoms with Crippen LogP contribution in [0.25, 0.3) is 0 Å². The number of fused-ring (bicyclic) bond motifs is 3. The van der Waals surface area contributed by atoms with Crippen molar-refractivity contribution in [2.75, 3.05) is 0 Å². The van der Waals surface area contributed by atoms with Gasteiger partial charge in [0.15, 0.2) is 0 Å². The van der Waals surface area contributed by atoms with Crippen molar-refractivity contribution in [3.05, 3.63) is 12.7 Å². The molecule has 21 heavy (non-hydrogen) atoms. The minimum Gasteiger partial charge on any atom is -0.365 e. The van der Waals surface area contributed by atoms with Crippen LogP contribution in [-0.4, -0.2) is 11.2 Å². The minimum absolute atomic E-state index is 0.0554. The Morgan fingerprint density at radius 3 is 2.24 bits per heavy atom. The monoisotopic (exact) mass is 290 g/mol. The molecule has 0 aromatic carbocycles. The van der Waals surface area contributed by atoms with Crippen molar-refractivity contribution in [1.82, 2.24) is 0 Å². The Hall–Kier alpha value is -0.300. The lowest BCUT2D eigenvalue weighted by Crippen LogP contribution is -2.62. The number of hydrogen-bond acceptors (Lipinski definition) is 1. The molecule has 0 N–H and O–H groups in total. The van der Waals surface area contributed by atoms with Crippen LogP contribution in [0.5, 0.6) is 0 Å². The van der Waals surface area contributed by atoms with E-state index in [1.807, 2.05) is 6.08 Å². The van der Waals surface area contributed by atoms with E-state index in [2.05, 4.69) is 41.2 Å². The predicted molar refractivity (Wildman–Crippen MR) is 89.3 cm³/mol. The molecule has 2 saturated carbocycles. The molecule has 3 aliphatic rings. The van der Waals surface area contributed by atoms with Gasteiger partial charge in [-0.25, -0.2) is 0 Å². The standard InChI is InChI=1S/C20H34O/c1-7-18(4)13-9-16-19(5)12-8-11-17(2,3)15(19)10-14-20(16,6)21-18/h7,15-16H,1,8-14H2,2-6H3/t15-,16-,18-,19-,20+/m0/s1. The van der Waals surface area contributed by atoms with Crippen molar-refractivity contribution < 1.29 is 4.74 Å². The summed E-state index contributed by atoms with van der Waals surface area (Å²) in [6.45, 7) is 16.2. The Kier molecular flexibility index (Phi) is 3.41. The fourth-order valence-corrected chi connectivity index (χ4v) is 6.52. The van der Waals surface area contributed by atoms with Gasteiger partial charge in [-0.05, 0) is 75.0 Å². The lowest BCUT2D eigenvalue weighted by Gasteiger charge is -2.65. The molecular weight excluding hydrogens is 256 g/mol. The molecule has 0 aromatic rings. The minimum atomic E-state index is -0.112. The molecule has 120 valence electrons. The number of ether oxygens (including phenoxy) is 1. The van der Waals surface area contributed by atoms with Gasteiger partial charge >= 0.3 is 0 Å². The molecule has 0 unspecified atom stereocenters. The summed E-state index contributed by atoms with van der Waals surface area (Å²) in [4.78, 5) is 0. The van der Waals surface area contributed by atoms with E-state index < -0.39 is 0 Å². The van der Waals surface area contributed by atoms with E-state index in [0.29, 0.717) is 10.8 Å². The molecule has 3 fully saturated rings. The summed E-state index contributed by atoms with van der Waals surface area (Å²) in [5.41, 5.74) is 0.920. The summed E-state index contributed by atoms with van der Waals surface area (Å²) in [7, 11) is 0. The highest BCUT2D eigenvalue weighted by atomic mass is 16.5. The van der Waals surface area contributed by atoms with Gasteiger partial charge in [0.05, 0.1) is 11.2 Å². The molecule has 1 heterocycles. The van der Waals surface area contributed by atoms with Crippen molar-refractivity contribution >= 4 is 0 Å². The summed E-state index contributed by atoms with van der Waals surface area (Å²) in [6, 6.07) is 0. The summed E-state index contributed by atoms with van der Waals surface area (Å²) in [6.07, 6.45) is 11.2. The smallest absolute Gasteiger partial charge is 0.0839 e. The van der Waals surface area contributed by atoms with E-state index >= 15 is 0 Å². The second-order valence-corrected chi connectivity index (χ2v) is 9.46. The van der Waals surface area contributed by atoms with Crippen LogP contribution in [-0.2, 0) is 4.74 Å². The molecule has 2 aliphatic carbocycles. The van der Waals surface area contributed by atoms with Crippen LogP contribution < -0.4 is 0 Å². The van der Waals surface area contributed by atoms with Crippen LogP contribution in [0.1, 0.15) is 79.6 Å². The molecule has 1 heteroatoms. The quantitative estimate of drug-likeness (QED) is 0.559. The SMILES string of the molecule is C=C[C@@]1(C)CC[C@H]2[C@@]3(C)CCCC(C)(C)[C@@H]3CC[C@@]2(C)O1. The molecule has 0 aromatic heterocycles. The van der Waals surface area contributed by atoms with E-state index in [4.69, 9.17) is 4.74 Å².